The van der Waals surface area contributed by atoms with Crippen LogP contribution in [0.5, 0.6) is 5.75 Å². The molecule has 244 valence electrons. The summed E-state index contributed by atoms with van der Waals surface area (Å²) in [4.78, 5) is 45.3. The normalized spacial score (nSPS) is 11.3. The van der Waals surface area contributed by atoms with Crippen molar-refractivity contribution in [3.05, 3.63) is 162 Å². The number of anilines is 1. The van der Waals surface area contributed by atoms with Gasteiger partial charge in [-0.3, -0.25) is 14.6 Å². The van der Waals surface area contributed by atoms with Crippen molar-refractivity contribution in [1.82, 2.24) is 9.88 Å². The van der Waals surface area contributed by atoms with Gasteiger partial charge in [0.1, 0.15) is 18.4 Å². The van der Waals surface area contributed by atoms with Gasteiger partial charge in [0, 0.05) is 48.6 Å². The quantitative estimate of drug-likeness (QED) is 0.0964. The molecule has 1 N–H and O–H groups in total. The first kappa shape index (κ1) is 33.6. The zero-order valence-electron chi connectivity index (χ0n) is 27.0. The Morgan fingerprint density at radius 1 is 0.771 bits per heavy atom. The van der Waals surface area contributed by atoms with Gasteiger partial charge >= 0.3 is 5.97 Å². The van der Waals surface area contributed by atoms with Crippen molar-refractivity contribution in [2.24, 2.45) is 0 Å². The van der Waals surface area contributed by atoms with Crippen molar-refractivity contribution >= 4 is 23.3 Å². The number of ketones is 1. The molecule has 0 unspecified atom stereocenters. The average molecular weight is 642 g/mol. The lowest BCUT2D eigenvalue weighted by molar-refractivity contribution is -0.141. The molecule has 0 spiro atoms. The van der Waals surface area contributed by atoms with Crippen LogP contribution in [-0.4, -0.2) is 53.8 Å². The van der Waals surface area contributed by atoms with Gasteiger partial charge in [0.15, 0.2) is 5.78 Å². The SMILES string of the molecule is COC(=O)[C@H](Cc1ccc(OCCN(Cc2ccccc2)C(=O)CCc2cccnc2)cc1)Nc1ccccc1C(=O)c1ccccc1. The molecule has 0 aliphatic carbocycles. The molecule has 4 aromatic carbocycles. The van der Waals surface area contributed by atoms with E-state index >= 15 is 0 Å². The maximum Gasteiger partial charge on any atom is 0.328 e. The van der Waals surface area contributed by atoms with Crippen LogP contribution in [0.25, 0.3) is 0 Å². The number of hydrogen-bond donors (Lipinski definition) is 1. The van der Waals surface area contributed by atoms with Gasteiger partial charge in [-0.1, -0.05) is 91.0 Å². The molecule has 0 radical (unpaired) electrons. The van der Waals surface area contributed by atoms with E-state index in [1.54, 1.807) is 42.7 Å². The smallest absolute Gasteiger partial charge is 0.328 e. The Morgan fingerprint density at radius 3 is 2.17 bits per heavy atom. The molecule has 8 heteroatoms. The number of pyridine rings is 1. The van der Waals surface area contributed by atoms with Crippen molar-refractivity contribution in [2.75, 3.05) is 25.6 Å². The van der Waals surface area contributed by atoms with Crippen LogP contribution in [0.2, 0.25) is 0 Å². The molecular weight excluding hydrogens is 602 g/mol. The Hall–Kier alpha value is -5.76. The molecule has 0 fully saturated rings. The van der Waals surface area contributed by atoms with E-state index in [-0.39, 0.29) is 11.7 Å². The summed E-state index contributed by atoms with van der Waals surface area (Å²) >= 11 is 0. The van der Waals surface area contributed by atoms with Crippen molar-refractivity contribution in [2.45, 2.75) is 31.8 Å². The molecule has 5 rings (SSSR count). The molecule has 0 bridgehead atoms. The van der Waals surface area contributed by atoms with Crippen molar-refractivity contribution in [3.8, 4) is 5.75 Å². The summed E-state index contributed by atoms with van der Waals surface area (Å²) in [5.41, 5.74) is 4.55. The first-order chi connectivity index (χ1) is 23.5. The second kappa shape index (κ2) is 17.2. The van der Waals surface area contributed by atoms with E-state index in [0.29, 0.717) is 61.5 Å². The van der Waals surface area contributed by atoms with E-state index in [1.165, 1.54) is 7.11 Å². The Balaban J connectivity index is 1.20. The molecule has 48 heavy (non-hydrogen) atoms. The number of benzene rings is 4. The Labute approximate surface area is 281 Å². The van der Waals surface area contributed by atoms with Crippen LogP contribution < -0.4 is 10.1 Å². The minimum atomic E-state index is -0.726. The van der Waals surface area contributed by atoms with Gasteiger partial charge in [0.2, 0.25) is 5.91 Å². The second-order valence-electron chi connectivity index (χ2n) is 11.3. The summed E-state index contributed by atoms with van der Waals surface area (Å²) in [5, 5.41) is 3.24. The van der Waals surface area contributed by atoms with Gasteiger partial charge in [-0.15, -0.1) is 0 Å². The van der Waals surface area contributed by atoms with Crippen LogP contribution in [0.15, 0.2) is 134 Å². The topological polar surface area (TPSA) is 97.8 Å². The Kier molecular flexibility index (Phi) is 12.1. The molecule has 8 nitrogen and oxygen atoms in total. The van der Waals surface area contributed by atoms with Crippen LogP contribution in [0, 0.1) is 0 Å². The van der Waals surface area contributed by atoms with E-state index in [4.69, 9.17) is 9.47 Å². The highest BCUT2D eigenvalue weighted by atomic mass is 16.5. The number of ether oxygens (including phenoxy) is 2. The third-order valence-electron chi connectivity index (χ3n) is 7.94. The largest absolute Gasteiger partial charge is 0.492 e. The summed E-state index contributed by atoms with van der Waals surface area (Å²) in [5.74, 6) is 0.128. The number of para-hydroxylation sites is 1. The van der Waals surface area contributed by atoms with E-state index in [9.17, 15) is 14.4 Å². The van der Waals surface area contributed by atoms with Gasteiger partial charge in [0.25, 0.3) is 0 Å². The third-order valence-corrected chi connectivity index (χ3v) is 7.94. The van der Waals surface area contributed by atoms with E-state index < -0.39 is 12.0 Å². The van der Waals surface area contributed by atoms with Gasteiger partial charge in [-0.2, -0.15) is 0 Å². The molecular formula is C40H39N3O5. The molecule has 0 aliphatic rings. The number of amides is 1. The minimum absolute atomic E-state index is 0.0510. The zero-order valence-corrected chi connectivity index (χ0v) is 27.0. The lowest BCUT2D eigenvalue weighted by Crippen LogP contribution is -2.34. The van der Waals surface area contributed by atoms with Crippen molar-refractivity contribution in [3.63, 3.8) is 0 Å². The van der Waals surface area contributed by atoms with Gasteiger partial charge < -0.3 is 19.7 Å². The van der Waals surface area contributed by atoms with Crippen LogP contribution in [0.1, 0.15) is 39.0 Å². The minimum Gasteiger partial charge on any atom is -0.492 e. The number of methoxy groups -OCH3 is 1. The molecule has 1 aromatic heterocycles. The zero-order chi connectivity index (χ0) is 33.6. The van der Waals surface area contributed by atoms with E-state index in [0.717, 1.165) is 16.7 Å². The standard InChI is InChI=1S/C40H39N3O5/c1-47-40(46)37(42-36-17-9-8-16-35(36)39(45)33-14-6-3-7-15-33)27-30-18-21-34(22-19-30)48-26-25-43(29-32-11-4-2-5-12-32)38(44)23-20-31-13-10-24-41-28-31/h2-19,21-22,24,28,37,42H,20,23,25-27,29H2,1H3/t37-/m0/s1. The highest BCUT2D eigenvalue weighted by Crippen LogP contribution is 2.22. The molecule has 0 aliphatic heterocycles. The first-order valence-corrected chi connectivity index (χ1v) is 16.0. The highest BCUT2D eigenvalue weighted by molar-refractivity contribution is 6.12. The third kappa shape index (κ3) is 9.62. The number of hydrogen-bond acceptors (Lipinski definition) is 7. The number of rotatable bonds is 16. The molecule has 0 saturated heterocycles. The summed E-state index contributed by atoms with van der Waals surface area (Å²) in [6.45, 7) is 1.25. The van der Waals surface area contributed by atoms with Gasteiger partial charge in [0.05, 0.1) is 13.7 Å². The predicted octanol–water partition coefficient (Wildman–Crippen LogP) is 6.55. The Morgan fingerprint density at radius 2 is 1.46 bits per heavy atom. The summed E-state index contributed by atoms with van der Waals surface area (Å²) in [6.07, 6.45) is 4.85. The maximum absolute atomic E-state index is 13.2. The van der Waals surface area contributed by atoms with Crippen LogP contribution >= 0.6 is 0 Å². The second-order valence-corrected chi connectivity index (χ2v) is 11.3. The number of carbonyl (C=O) groups is 3. The number of nitrogens with one attached hydrogen (secondary N) is 1. The summed E-state index contributed by atoms with van der Waals surface area (Å²) in [6, 6.07) is 36.7. The van der Waals surface area contributed by atoms with Gasteiger partial charge in [-0.05, 0) is 53.4 Å². The molecule has 1 amide bonds. The average Bonchev–Trinajstić information content (AvgIpc) is 3.14. The van der Waals surface area contributed by atoms with Crippen molar-refractivity contribution in [1.29, 1.82) is 0 Å². The fourth-order valence-corrected chi connectivity index (χ4v) is 5.36. The number of aryl methyl sites for hydroxylation is 1. The maximum atomic E-state index is 13.2. The summed E-state index contributed by atoms with van der Waals surface area (Å²) in [7, 11) is 1.35. The molecule has 1 atom stereocenters. The molecule has 1 heterocycles. The van der Waals surface area contributed by atoms with E-state index in [1.807, 2.05) is 95.9 Å². The lowest BCUT2D eigenvalue weighted by atomic mass is 10.00. The van der Waals surface area contributed by atoms with Gasteiger partial charge in [-0.25, -0.2) is 4.79 Å². The number of esters is 1. The predicted molar refractivity (Wildman–Crippen MR) is 186 cm³/mol. The summed E-state index contributed by atoms with van der Waals surface area (Å²) < 4.78 is 11.1. The van der Waals surface area contributed by atoms with Crippen molar-refractivity contribution < 1.29 is 23.9 Å². The fraction of sp³-hybridized carbons (Fsp3) is 0.200. The Bertz CT molecular complexity index is 1760. The van der Waals surface area contributed by atoms with E-state index in [2.05, 4.69) is 10.3 Å². The van der Waals surface area contributed by atoms with Crippen LogP contribution in [0.4, 0.5) is 5.69 Å². The highest BCUT2D eigenvalue weighted by Gasteiger charge is 2.23. The molecule has 5 aromatic rings. The number of carbonyl (C=O) groups excluding carboxylic acids is 3. The first-order valence-electron chi connectivity index (χ1n) is 16.0. The monoisotopic (exact) mass is 641 g/mol. The number of nitrogens with zero attached hydrogens (tertiary/aromatic N) is 2. The lowest BCUT2D eigenvalue weighted by Gasteiger charge is -2.23. The van der Waals surface area contributed by atoms with Crippen LogP contribution in [-0.2, 0) is 33.7 Å². The fourth-order valence-electron chi connectivity index (χ4n) is 5.36. The van der Waals surface area contributed by atoms with Crippen LogP contribution in [0.3, 0.4) is 0 Å². The number of aromatic nitrogens is 1. The molecule has 0 saturated carbocycles.